The van der Waals surface area contributed by atoms with Crippen molar-refractivity contribution < 1.29 is 9.59 Å². The highest BCUT2D eigenvalue weighted by molar-refractivity contribution is 8.00. The van der Waals surface area contributed by atoms with E-state index in [1.807, 2.05) is 74.7 Å². The Hall–Kier alpha value is -2.57. The number of rotatable bonds is 6. The Bertz CT molecular complexity index is 946. The number of anilines is 2. The minimum absolute atomic E-state index is 0.0301. The molecular formula is C22H22N2O2S2. The van der Waals surface area contributed by atoms with Crippen LogP contribution in [0.4, 0.5) is 11.4 Å². The smallest absolute Gasteiger partial charge is 0.265 e. The molecule has 6 heteroatoms. The van der Waals surface area contributed by atoms with Crippen LogP contribution in [0.5, 0.6) is 0 Å². The number of hydrogen-bond donors (Lipinski definition) is 2. The van der Waals surface area contributed by atoms with E-state index in [1.54, 1.807) is 6.07 Å². The predicted octanol–water partition coefficient (Wildman–Crippen LogP) is 5.74. The highest BCUT2D eigenvalue weighted by Crippen LogP contribution is 2.27. The van der Waals surface area contributed by atoms with Crippen LogP contribution in [0.3, 0.4) is 0 Å². The average molecular weight is 411 g/mol. The van der Waals surface area contributed by atoms with Crippen molar-refractivity contribution in [2.75, 3.05) is 10.6 Å². The Morgan fingerprint density at radius 3 is 2.21 bits per heavy atom. The van der Waals surface area contributed by atoms with Gasteiger partial charge < -0.3 is 10.6 Å². The second kappa shape index (κ2) is 9.08. The molecule has 1 heterocycles. The van der Waals surface area contributed by atoms with E-state index < -0.39 is 0 Å². The summed E-state index contributed by atoms with van der Waals surface area (Å²) in [7, 11) is 0. The first-order valence-corrected chi connectivity index (χ1v) is 10.7. The van der Waals surface area contributed by atoms with E-state index in [-0.39, 0.29) is 17.1 Å². The largest absolute Gasteiger partial charge is 0.325 e. The Kier molecular flexibility index (Phi) is 6.54. The molecule has 0 fully saturated rings. The van der Waals surface area contributed by atoms with E-state index in [4.69, 9.17) is 0 Å². The van der Waals surface area contributed by atoms with E-state index in [1.165, 1.54) is 23.1 Å². The van der Waals surface area contributed by atoms with Gasteiger partial charge >= 0.3 is 0 Å². The van der Waals surface area contributed by atoms with Gasteiger partial charge in [0.25, 0.3) is 5.91 Å². The zero-order valence-corrected chi connectivity index (χ0v) is 17.6. The second-order valence-corrected chi connectivity index (χ2v) is 8.83. The van der Waals surface area contributed by atoms with Crippen molar-refractivity contribution in [1.29, 1.82) is 0 Å². The Morgan fingerprint density at radius 2 is 1.61 bits per heavy atom. The summed E-state index contributed by atoms with van der Waals surface area (Å²) in [4.78, 5) is 26.3. The molecule has 144 valence electrons. The summed E-state index contributed by atoms with van der Waals surface area (Å²) in [5, 5.41) is 7.54. The molecule has 4 nitrogen and oxygen atoms in total. The van der Waals surface area contributed by atoms with Gasteiger partial charge in [-0.2, -0.15) is 0 Å². The van der Waals surface area contributed by atoms with Crippen LogP contribution in [-0.4, -0.2) is 17.1 Å². The van der Waals surface area contributed by atoms with Gasteiger partial charge in [0.2, 0.25) is 5.91 Å². The third-order valence-corrected chi connectivity index (χ3v) is 6.25. The normalized spacial score (nSPS) is 11.7. The van der Waals surface area contributed by atoms with Gasteiger partial charge in [0.15, 0.2) is 0 Å². The molecule has 0 spiro atoms. The minimum Gasteiger partial charge on any atom is -0.325 e. The number of thioether (sulfide) groups is 1. The molecule has 3 aromatic rings. The number of nitrogens with one attached hydrogen (secondary N) is 2. The van der Waals surface area contributed by atoms with Crippen LogP contribution < -0.4 is 10.6 Å². The molecule has 0 saturated carbocycles. The van der Waals surface area contributed by atoms with Crippen molar-refractivity contribution in [1.82, 2.24) is 0 Å². The Labute approximate surface area is 173 Å². The maximum absolute atomic E-state index is 12.6. The lowest BCUT2D eigenvalue weighted by Crippen LogP contribution is -2.23. The van der Waals surface area contributed by atoms with Gasteiger partial charge in [0.1, 0.15) is 0 Å². The van der Waals surface area contributed by atoms with Gasteiger partial charge in [-0.25, -0.2) is 0 Å². The number of benzene rings is 2. The van der Waals surface area contributed by atoms with E-state index in [0.29, 0.717) is 4.88 Å². The average Bonchev–Trinajstić information content (AvgIpc) is 3.21. The molecule has 0 radical (unpaired) electrons. The molecule has 0 aliphatic rings. The topological polar surface area (TPSA) is 58.2 Å². The summed E-state index contributed by atoms with van der Waals surface area (Å²) in [6.45, 7) is 5.87. The summed E-state index contributed by atoms with van der Waals surface area (Å²) in [5.74, 6) is -0.144. The quantitative estimate of drug-likeness (QED) is 0.510. The van der Waals surface area contributed by atoms with Crippen LogP contribution in [0.1, 0.15) is 27.7 Å². The fraction of sp³-hybridized carbons (Fsp3) is 0.182. The maximum Gasteiger partial charge on any atom is 0.265 e. The van der Waals surface area contributed by atoms with Crippen LogP contribution in [-0.2, 0) is 4.79 Å². The number of aryl methyl sites for hydroxylation is 2. The zero-order valence-electron chi connectivity index (χ0n) is 16.0. The summed E-state index contributed by atoms with van der Waals surface area (Å²) >= 11 is 2.89. The standard InChI is InChI=1S/C22H22N2O2S2/c1-14-6-4-7-15(2)20(14)24-21(25)16(3)28-18-11-9-17(10-12-18)23-22(26)19-8-5-13-27-19/h4-13,16H,1-3H3,(H,23,26)(H,24,25). The zero-order chi connectivity index (χ0) is 20.1. The van der Waals surface area contributed by atoms with Gasteiger partial charge in [-0.1, -0.05) is 24.3 Å². The van der Waals surface area contributed by atoms with Crippen molar-refractivity contribution in [3.05, 3.63) is 76.0 Å². The number of para-hydroxylation sites is 1. The molecule has 1 unspecified atom stereocenters. The van der Waals surface area contributed by atoms with Crippen LogP contribution in [0.2, 0.25) is 0 Å². The van der Waals surface area contributed by atoms with Crippen molar-refractivity contribution in [3.8, 4) is 0 Å². The number of carbonyl (C=O) groups excluding carboxylic acids is 2. The van der Waals surface area contributed by atoms with Gasteiger partial charge in [-0.05, 0) is 67.6 Å². The maximum atomic E-state index is 12.6. The molecule has 2 N–H and O–H groups in total. The molecule has 1 aromatic heterocycles. The molecular weight excluding hydrogens is 388 g/mol. The molecule has 0 saturated heterocycles. The van der Waals surface area contributed by atoms with E-state index in [2.05, 4.69) is 10.6 Å². The Balaban J connectivity index is 1.58. The molecule has 0 bridgehead atoms. The molecule has 3 rings (SSSR count). The van der Waals surface area contributed by atoms with Crippen LogP contribution >= 0.6 is 23.1 Å². The first kappa shape index (κ1) is 20.2. The highest BCUT2D eigenvalue weighted by atomic mass is 32.2. The van der Waals surface area contributed by atoms with E-state index in [0.717, 1.165) is 27.4 Å². The summed E-state index contributed by atoms with van der Waals surface area (Å²) < 4.78 is 0. The molecule has 1 atom stereocenters. The number of amides is 2. The van der Waals surface area contributed by atoms with Crippen molar-refractivity contribution >= 4 is 46.3 Å². The lowest BCUT2D eigenvalue weighted by Gasteiger charge is -2.15. The van der Waals surface area contributed by atoms with Gasteiger partial charge in [-0.3, -0.25) is 9.59 Å². The first-order valence-electron chi connectivity index (χ1n) is 8.92. The van der Waals surface area contributed by atoms with E-state index in [9.17, 15) is 9.59 Å². The predicted molar refractivity (Wildman–Crippen MR) is 119 cm³/mol. The fourth-order valence-electron chi connectivity index (χ4n) is 2.71. The molecule has 0 aliphatic heterocycles. The van der Waals surface area contributed by atoms with Crippen LogP contribution in [0.25, 0.3) is 0 Å². The lowest BCUT2D eigenvalue weighted by atomic mass is 10.1. The molecule has 2 aromatic carbocycles. The van der Waals surface area contributed by atoms with Crippen molar-refractivity contribution in [3.63, 3.8) is 0 Å². The summed E-state index contributed by atoms with van der Waals surface area (Å²) in [6, 6.07) is 17.1. The van der Waals surface area contributed by atoms with E-state index >= 15 is 0 Å². The monoisotopic (exact) mass is 410 g/mol. The summed E-state index contributed by atoms with van der Waals surface area (Å²) in [5.41, 5.74) is 3.72. The summed E-state index contributed by atoms with van der Waals surface area (Å²) in [6.07, 6.45) is 0. The van der Waals surface area contributed by atoms with Crippen molar-refractivity contribution in [2.45, 2.75) is 30.9 Å². The third-order valence-electron chi connectivity index (χ3n) is 4.27. The third kappa shape index (κ3) is 5.03. The number of hydrogen-bond acceptors (Lipinski definition) is 4. The molecule has 0 aliphatic carbocycles. The second-order valence-electron chi connectivity index (χ2n) is 6.47. The lowest BCUT2D eigenvalue weighted by molar-refractivity contribution is -0.115. The van der Waals surface area contributed by atoms with Crippen LogP contribution in [0, 0.1) is 13.8 Å². The minimum atomic E-state index is -0.245. The SMILES string of the molecule is Cc1cccc(C)c1NC(=O)C(C)Sc1ccc(NC(=O)c2cccs2)cc1. The highest BCUT2D eigenvalue weighted by Gasteiger charge is 2.16. The number of carbonyl (C=O) groups is 2. The molecule has 28 heavy (non-hydrogen) atoms. The van der Waals surface area contributed by atoms with Gasteiger partial charge in [0, 0.05) is 16.3 Å². The number of thiophene rings is 1. The van der Waals surface area contributed by atoms with Crippen LogP contribution in [0.15, 0.2) is 64.9 Å². The van der Waals surface area contributed by atoms with Crippen molar-refractivity contribution in [2.24, 2.45) is 0 Å². The van der Waals surface area contributed by atoms with Gasteiger partial charge in [0.05, 0.1) is 10.1 Å². The fourth-order valence-corrected chi connectivity index (χ4v) is 4.20. The Morgan fingerprint density at radius 1 is 0.929 bits per heavy atom. The first-order chi connectivity index (χ1) is 13.4. The molecule has 2 amide bonds. The van der Waals surface area contributed by atoms with Gasteiger partial charge in [-0.15, -0.1) is 23.1 Å².